The predicted octanol–water partition coefficient (Wildman–Crippen LogP) is 3.28. The van der Waals surface area contributed by atoms with Gasteiger partial charge in [-0.25, -0.2) is 4.99 Å². The molecule has 19 heavy (non-hydrogen) atoms. The molecule has 1 N–H and O–H groups in total. The van der Waals surface area contributed by atoms with E-state index in [0.717, 1.165) is 16.8 Å². The van der Waals surface area contributed by atoms with Crippen LogP contribution < -0.4 is 5.32 Å². The highest BCUT2D eigenvalue weighted by Crippen LogP contribution is 2.28. The first-order valence-electron chi connectivity index (χ1n) is 6.22. The average Bonchev–Trinajstić information content (AvgIpc) is 2.77. The van der Waals surface area contributed by atoms with Gasteiger partial charge in [0, 0.05) is 5.56 Å². The van der Waals surface area contributed by atoms with Crippen molar-refractivity contribution < 1.29 is 0 Å². The highest BCUT2D eigenvalue weighted by Gasteiger charge is 2.34. The summed E-state index contributed by atoms with van der Waals surface area (Å²) in [6, 6.07) is 20.2. The van der Waals surface area contributed by atoms with Crippen molar-refractivity contribution in [1.29, 1.82) is 0 Å². The van der Waals surface area contributed by atoms with Gasteiger partial charge in [0.25, 0.3) is 0 Å². The van der Waals surface area contributed by atoms with E-state index in [1.54, 1.807) is 0 Å². The molecule has 2 aromatic rings. The summed E-state index contributed by atoms with van der Waals surface area (Å²) in [4.78, 5) is 5.51. The minimum atomic E-state index is -0.469. The van der Waals surface area contributed by atoms with Gasteiger partial charge in [-0.2, -0.15) is 0 Å². The third-order valence-corrected chi connectivity index (χ3v) is 3.59. The lowest BCUT2D eigenvalue weighted by Crippen LogP contribution is -2.36. The maximum absolute atomic E-state index is 5.43. The van der Waals surface area contributed by atoms with Crippen LogP contribution in [0.25, 0.3) is 0 Å². The molecular formula is C16H14N2S. The maximum atomic E-state index is 5.43. The van der Waals surface area contributed by atoms with Crippen molar-refractivity contribution in [2.24, 2.45) is 4.99 Å². The minimum absolute atomic E-state index is 0.469. The maximum Gasteiger partial charge on any atom is 0.154 e. The highest BCUT2D eigenvalue weighted by molar-refractivity contribution is 7.82. The van der Waals surface area contributed by atoms with Crippen molar-refractivity contribution in [3.63, 3.8) is 0 Å². The molecule has 94 valence electrons. The first kappa shape index (κ1) is 12.1. The van der Waals surface area contributed by atoms with E-state index >= 15 is 0 Å². The molecule has 3 heteroatoms. The van der Waals surface area contributed by atoms with E-state index in [4.69, 9.17) is 17.2 Å². The van der Waals surface area contributed by atoms with Crippen LogP contribution in [-0.4, -0.2) is 10.7 Å². The molecule has 1 atom stereocenters. The molecule has 0 aromatic heterocycles. The number of nitrogens with one attached hydrogen (secondary N) is 1. The standard InChI is InChI=1S/C16H14N2S/c1-16(13-10-6-3-7-11-13)17-14(15(19)18-16)12-8-4-2-5-9-12/h2-11H,1H3,(H,18,19). The lowest BCUT2D eigenvalue weighted by atomic mass is 10.0. The number of hydrogen-bond donors (Lipinski definition) is 1. The molecule has 0 saturated carbocycles. The first-order chi connectivity index (χ1) is 9.19. The van der Waals surface area contributed by atoms with Gasteiger partial charge in [-0.3, -0.25) is 0 Å². The van der Waals surface area contributed by atoms with Crippen LogP contribution in [0.4, 0.5) is 0 Å². The van der Waals surface area contributed by atoms with Crippen molar-refractivity contribution in [3.8, 4) is 0 Å². The Morgan fingerprint density at radius 1 is 0.947 bits per heavy atom. The van der Waals surface area contributed by atoms with Gasteiger partial charge >= 0.3 is 0 Å². The van der Waals surface area contributed by atoms with Crippen molar-refractivity contribution >= 4 is 22.9 Å². The Labute approximate surface area is 118 Å². The number of aliphatic imine (C=N–C) groups is 1. The normalized spacial score (nSPS) is 21.9. The molecule has 1 aliphatic heterocycles. The zero-order valence-electron chi connectivity index (χ0n) is 10.6. The molecule has 1 heterocycles. The van der Waals surface area contributed by atoms with E-state index in [1.807, 2.05) is 55.5 Å². The number of nitrogens with zero attached hydrogens (tertiary/aromatic N) is 1. The van der Waals surface area contributed by atoms with Crippen molar-refractivity contribution in [2.45, 2.75) is 12.6 Å². The summed E-state index contributed by atoms with van der Waals surface area (Å²) in [5.41, 5.74) is 2.56. The minimum Gasteiger partial charge on any atom is -0.347 e. The Kier molecular flexibility index (Phi) is 2.91. The number of hydrogen-bond acceptors (Lipinski definition) is 2. The fourth-order valence-corrected chi connectivity index (χ4v) is 2.64. The van der Waals surface area contributed by atoms with Gasteiger partial charge in [0.05, 0.1) is 0 Å². The average molecular weight is 266 g/mol. The van der Waals surface area contributed by atoms with E-state index in [2.05, 4.69) is 17.4 Å². The van der Waals surface area contributed by atoms with Gasteiger partial charge in [-0.1, -0.05) is 72.9 Å². The molecule has 0 amide bonds. The van der Waals surface area contributed by atoms with Gasteiger partial charge in [0.15, 0.2) is 5.66 Å². The van der Waals surface area contributed by atoms with Gasteiger partial charge in [0.1, 0.15) is 10.7 Å². The summed E-state index contributed by atoms with van der Waals surface area (Å²) < 4.78 is 0. The predicted molar refractivity (Wildman–Crippen MR) is 82.5 cm³/mol. The molecular weight excluding hydrogens is 252 g/mol. The van der Waals surface area contributed by atoms with E-state index in [-0.39, 0.29) is 0 Å². The second-order valence-corrected chi connectivity index (χ2v) is 5.13. The van der Waals surface area contributed by atoms with Crippen LogP contribution in [0.15, 0.2) is 65.7 Å². The van der Waals surface area contributed by atoms with E-state index in [9.17, 15) is 0 Å². The summed E-state index contributed by atoms with van der Waals surface area (Å²) in [5.74, 6) is 0. The third kappa shape index (κ3) is 2.17. The van der Waals surface area contributed by atoms with Crippen LogP contribution >= 0.6 is 12.2 Å². The van der Waals surface area contributed by atoms with Crippen LogP contribution in [0.3, 0.4) is 0 Å². The summed E-state index contributed by atoms with van der Waals surface area (Å²) >= 11 is 5.43. The molecule has 1 aliphatic rings. The van der Waals surface area contributed by atoms with Crippen LogP contribution in [-0.2, 0) is 5.66 Å². The molecule has 0 fully saturated rings. The fraction of sp³-hybridized carbons (Fsp3) is 0.125. The van der Waals surface area contributed by atoms with Gasteiger partial charge in [-0.05, 0) is 12.5 Å². The smallest absolute Gasteiger partial charge is 0.154 e. The monoisotopic (exact) mass is 266 g/mol. The third-order valence-electron chi connectivity index (χ3n) is 3.29. The van der Waals surface area contributed by atoms with Crippen molar-refractivity contribution in [3.05, 3.63) is 71.8 Å². The Bertz CT molecular complexity index is 634. The van der Waals surface area contributed by atoms with Crippen molar-refractivity contribution in [1.82, 2.24) is 5.32 Å². The van der Waals surface area contributed by atoms with E-state index in [1.165, 1.54) is 0 Å². The van der Waals surface area contributed by atoms with Crippen molar-refractivity contribution in [2.75, 3.05) is 0 Å². The Morgan fingerprint density at radius 2 is 1.53 bits per heavy atom. The topological polar surface area (TPSA) is 24.4 Å². The molecule has 0 radical (unpaired) electrons. The largest absolute Gasteiger partial charge is 0.347 e. The zero-order chi connectivity index (χ0) is 13.3. The summed E-state index contributed by atoms with van der Waals surface area (Å²) in [5, 5.41) is 3.32. The van der Waals surface area contributed by atoms with Crippen LogP contribution in [0.2, 0.25) is 0 Å². The molecule has 0 bridgehead atoms. The number of benzene rings is 2. The van der Waals surface area contributed by atoms with Gasteiger partial charge in [-0.15, -0.1) is 0 Å². The first-order valence-corrected chi connectivity index (χ1v) is 6.63. The van der Waals surface area contributed by atoms with Crippen LogP contribution in [0, 0.1) is 0 Å². The van der Waals surface area contributed by atoms with Gasteiger partial charge in [0.2, 0.25) is 0 Å². The lowest BCUT2D eigenvalue weighted by Gasteiger charge is -2.22. The van der Waals surface area contributed by atoms with Crippen LogP contribution in [0.1, 0.15) is 18.1 Å². The van der Waals surface area contributed by atoms with E-state index in [0.29, 0.717) is 4.99 Å². The van der Waals surface area contributed by atoms with Crippen LogP contribution in [0.5, 0.6) is 0 Å². The van der Waals surface area contributed by atoms with E-state index < -0.39 is 5.66 Å². The number of thiocarbonyl (C=S) groups is 1. The molecule has 3 rings (SSSR count). The quantitative estimate of drug-likeness (QED) is 0.844. The zero-order valence-corrected chi connectivity index (χ0v) is 11.4. The summed E-state index contributed by atoms with van der Waals surface area (Å²) in [6.45, 7) is 2.05. The summed E-state index contributed by atoms with van der Waals surface area (Å²) in [6.07, 6.45) is 0. The fourth-order valence-electron chi connectivity index (χ4n) is 2.27. The molecule has 1 unspecified atom stereocenters. The molecule has 0 aliphatic carbocycles. The SMILES string of the molecule is CC1(c2ccccc2)N=C(c2ccccc2)C(=S)N1. The lowest BCUT2D eigenvalue weighted by molar-refractivity contribution is 0.480. The highest BCUT2D eigenvalue weighted by atomic mass is 32.1. The van der Waals surface area contributed by atoms with Gasteiger partial charge < -0.3 is 5.32 Å². The second kappa shape index (κ2) is 4.59. The molecule has 0 spiro atoms. The Balaban J connectivity index is 2.04. The second-order valence-electron chi connectivity index (χ2n) is 4.72. The Hall–Kier alpha value is -2.00. The number of rotatable bonds is 2. The Morgan fingerprint density at radius 3 is 2.16 bits per heavy atom. The molecule has 0 saturated heterocycles. The molecule has 2 aromatic carbocycles. The summed E-state index contributed by atoms with van der Waals surface area (Å²) in [7, 11) is 0. The molecule has 2 nitrogen and oxygen atoms in total.